The summed E-state index contributed by atoms with van der Waals surface area (Å²) in [6.45, 7) is 3.79. The average Bonchev–Trinajstić information content (AvgIpc) is 2.34. The molecule has 0 atom stereocenters. The van der Waals surface area contributed by atoms with Crippen LogP contribution in [-0.4, -0.2) is 10.9 Å². The van der Waals surface area contributed by atoms with Crippen molar-refractivity contribution in [3.63, 3.8) is 0 Å². The first-order chi connectivity index (χ1) is 4.75. The summed E-state index contributed by atoms with van der Waals surface area (Å²) in [4.78, 5) is 1.06. The van der Waals surface area contributed by atoms with Crippen molar-refractivity contribution in [2.45, 2.75) is 13.8 Å². The molecule has 1 heterocycles. The Bertz CT molecular complexity index is 252. The van der Waals surface area contributed by atoms with Crippen LogP contribution in [0.3, 0.4) is 0 Å². The highest BCUT2D eigenvalue weighted by Crippen LogP contribution is 2.15. The molecule has 0 saturated heterocycles. The fourth-order valence-electron chi connectivity index (χ4n) is 0.789. The molecule has 0 aliphatic rings. The van der Waals surface area contributed by atoms with Crippen molar-refractivity contribution in [2.75, 3.05) is 0 Å². The molecule has 3 heteroatoms. The number of hydrogen-bond acceptors (Lipinski definition) is 3. The van der Waals surface area contributed by atoms with Gasteiger partial charge in [-0.05, 0) is 30.9 Å². The smallest absolute Gasteiger partial charge is 0.0939 e. The highest BCUT2D eigenvalue weighted by molar-refractivity contribution is 7.12. The van der Waals surface area contributed by atoms with Crippen molar-refractivity contribution in [3.8, 4) is 0 Å². The van der Waals surface area contributed by atoms with E-state index in [1.165, 1.54) is 5.56 Å². The van der Waals surface area contributed by atoms with Gasteiger partial charge in [0.15, 0.2) is 0 Å². The molecule has 0 fully saturated rings. The SMILES string of the molecule is CC(=NO)c1sccc1C. The van der Waals surface area contributed by atoms with Gasteiger partial charge >= 0.3 is 0 Å². The van der Waals surface area contributed by atoms with Crippen LogP contribution in [0.1, 0.15) is 17.4 Å². The van der Waals surface area contributed by atoms with Crippen LogP contribution in [-0.2, 0) is 0 Å². The maximum absolute atomic E-state index is 8.43. The third kappa shape index (κ3) is 1.19. The Kier molecular flexibility index (Phi) is 2.06. The summed E-state index contributed by atoms with van der Waals surface area (Å²) in [5, 5.41) is 13.5. The topological polar surface area (TPSA) is 32.6 Å². The zero-order valence-electron chi connectivity index (χ0n) is 5.96. The third-order valence-corrected chi connectivity index (χ3v) is 2.47. The Morgan fingerprint density at radius 1 is 1.70 bits per heavy atom. The van der Waals surface area contributed by atoms with Gasteiger partial charge in [-0.15, -0.1) is 11.3 Å². The number of aryl methyl sites for hydroxylation is 1. The van der Waals surface area contributed by atoms with Gasteiger partial charge < -0.3 is 5.21 Å². The Hall–Kier alpha value is -0.830. The van der Waals surface area contributed by atoms with E-state index in [2.05, 4.69) is 5.16 Å². The molecule has 10 heavy (non-hydrogen) atoms. The number of oxime groups is 1. The summed E-state index contributed by atoms with van der Waals surface area (Å²) in [6.07, 6.45) is 0. The van der Waals surface area contributed by atoms with Crippen molar-refractivity contribution in [1.29, 1.82) is 0 Å². The van der Waals surface area contributed by atoms with Crippen molar-refractivity contribution in [1.82, 2.24) is 0 Å². The minimum atomic E-state index is 0.688. The Balaban J connectivity index is 3.05. The van der Waals surface area contributed by atoms with Crippen LogP contribution in [0.4, 0.5) is 0 Å². The first kappa shape index (κ1) is 7.28. The lowest BCUT2D eigenvalue weighted by atomic mass is 10.2. The summed E-state index contributed by atoms with van der Waals surface area (Å²) < 4.78 is 0. The highest BCUT2D eigenvalue weighted by Gasteiger charge is 2.01. The molecule has 1 rings (SSSR count). The minimum Gasteiger partial charge on any atom is -0.411 e. The predicted octanol–water partition coefficient (Wildman–Crippen LogP) is 2.25. The monoisotopic (exact) mass is 155 g/mol. The summed E-state index contributed by atoms with van der Waals surface area (Å²) in [7, 11) is 0. The quantitative estimate of drug-likeness (QED) is 0.376. The van der Waals surface area contributed by atoms with Gasteiger partial charge in [0.1, 0.15) is 0 Å². The Labute approximate surface area is 63.8 Å². The lowest BCUT2D eigenvalue weighted by molar-refractivity contribution is 0.319. The van der Waals surface area contributed by atoms with Crippen LogP contribution >= 0.6 is 11.3 Å². The van der Waals surface area contributed by atoms with Gasteiger partial charge in [0, 0.05) is 0 Å². The number of thiophene rings is 1. The maximum atomic E-state index is 8.43. The normalized spacial score (nSPS) is 12.0. The molecule has 2 nitrogen and oxygen atoms in total. The zero-order valence-corrected chi connectivity index (χ0v) is 6.77. The molecule has 0 unspecified atom stereocenters. The molecule has 0 saturated carbocycles. The standard InChI is InChI=1S/C7H9NOS/c1-5-3-4-10-7(5)6(2)8-9/h3-4,9H,1-2H3. The number of hydrogen-bond donors (Lipinski definition) is 1. The molecule has 0 aliphatic carbocycles. The molecule has 1 aromatic rings. The van der Waals surface area contributed by atoms with Crippen molar-refractivity contribution < 1.29 is 5.21 Å². The molecule has 1 N–H and O–H groups in total. The van der Waals surface area contributed by atoms with Crippen LogP contribution < -0.4 is 0 Å². The molecule has 0 amide bonds. The van der Waals surface area contributed by atoms with Crippen molar-refractivity contribution in [3.05, 3.63) is 21.9 Å². The fourth-order valence-corrected chi connectivity index (χ4v) is 1.66. The molecule has 0 aromatic carbocycles. The highest BCUT2D eigenvalue weighted by atomic mass is 32.1. The molecule has 54 valence electrons. The van der Waals surface area contributed by atoms with Crippen LogP contribution in [0.5, 0.6) is 0 Å². The van der Waals surface area contributed by atoms with Gasteiger partial charge in [0.2, 0.25) is 0 Å². The second-order valence-electron chi connectivity index (χ2n) is 2.12. The largest absolute Gasteiger partial charge is 0.411 e. The molecular weight excluding hydrogens is 146 g/mol. The summed E-state index contributed by atoms with van der Waals surface area (Å²) in [6, 6.07) is 2.01. The van der Waals surface area contributed by atoms with Crippen LogP contribution in [0, 0.1) is 6.92 Å². The molecule has 1 aromatic heterocycles. The van der Waals surface area contributed by atoms with E-state index in [9.17, 15) is 0 Å². The van der Waals surface area contributed by atoms with Crippen LogP contribution in [0.15, 0.2) is 16.6 Å². The van der Waals surface area contributed by atoms with Gasteiger partial charge in [0.25, 0.3) is 0 Å². The molecule has 0 radical (unpaired) electrons. The van der Waals surface area contributed by atoms with Crippen LogP contribution in [0.25, 0.3) is 0 Å². The summed E-state index contributed by atoms with van der Waals surface area (Å²) in [5.41, 5.74) is 1.85. The van der Waals surface area contributed by atoms with E-state index in [0.717, 1.165) is 4.88 Å². The van der Waals surface area contributed by atoms with Crippen LogP contribution in [0.2, 0.25) is 0 Å². The first-order valence-corrected chi connectivity index (χ1v) is 3.87. The van der Waals surface area contributed by atoms with Gasteiger partial charge in [-0.3, -0.25) is 0 Å². The molecular formula is C7H9NOS. The van der Waals surface area contributed by atoms with Gasteiger partial charge in [-0.25, -0.2) is 0 Å². The summed E-state index contributed by atoms with van der Waals surface area (Å²) >= 11 is 1.59. The van der Waals surface area contributed by atoms with E-state index in [1.807, 2.05) is 18.4 Å². The van der Waals surface area contributed by atoms with Gasteiger partial charge in [0.05, 0.1) is 10.6 Å². The Morgan fingerprint density at radius 2 is 2.40 bits per heavy atom. The van der Waals surface area contributed by atoms with Gasteiger partial charge in [-0.2, -0.15) is 0 Å². The maximum Gasteiger partial charge on any atom is 0.0939 e. The Morgan fingerprint density at radius 3 is 2.80 bits per heavy atom. The van der Waals surface area contributed by atoms with E-state index in [-0.39, 0.29) is 0 Å². The van der Waals surface area contributed by atoms with E-state index in [4.69, 9.17) is 5.21 Å². The van der Waals surface area contributed by atoms with E-state index in [0.29, 0.717) is 5.71 Å². The predicted molar refractivity (Wildman–Crippen MR) is 43.1 cm³/mol. The third-order valence-electron chi connectivity index (χ3n) is 1.34. The number of rotatable bonds is 1. The molecule has 0 spiro atoms. The fraction of sp³-hybridized carbons (Fsp3) is 0.286. The van der Waals surface area contributed by atoms with E-state index in [1.54, 1.807) is 18.3 Å². The minimum absolute atomic E-state index is 0.688. The van der Waals surface area contributed by atoms with Gasteiger partial charge in [-0.1, -0.05) is 5.16 Å². The summed E-state index contributed by atoms with van der Waals surface area (Å²) in [5.74, 6) is 0. The second-order valence-corrected chi connectivity index (χ2v) is 3.03. The lowest BCUT2D eigenvalue weighted by Gasteiger charge is -1.92. The molecule has 0 bridgehead atoms. The van der Waals surface area contributed by atoms with Crippen molar-refractivity contribution >= 4 is 17.0 Å². The zero-order chi connectivity index (χ0) is 7.56. The first-order valence-electron chi connectivity index (χ1n) is 2.99. The molecule has 0 aliphatic heterocycles. The number of nitrogens with zero attached hydrogens (tertiary/aromatic N) is 1. The average molecular weight is 155 g/mol. The lowest BCUT2D eigenvalue weighted by Crippen LogP contribution is -1.91. The van der Waals surface area contributed by atoms with E-state index < -0.39 is 0 Å². The second kappa shape index (κ2) is 2.84. The van der Waals surface area contributed by atoms with E-state index >= 15 is 0 Å². The van der Waals surface area contributed by atoms with Crippen molar-refractivity contribution in [2.24, 2.45) is 5.16 Å².